The van der Waals surface area contributed by atoms with Gasteiger partial charge in [-0.05, 0) is 25.8 Å². The Morgan fingerprint density at radius 2 is 1.95 bits per heavy atom. The summed E-state index contributed by atoms with van der Waals surface area (Å²) in [6.07, 6.45) is 0.527. The van der Waals surface area contributed by atoms with Crippen molar-refractivity contribution in [3.63, 3.8) is 0 Å². The fourth-order valence-electron chi connectivity index (χ4n) is 2.42. The summed E-state index contributed by atoms with van der Waals surface area (Å²) in [4.78, 5) is 0. The molecule has 2 unspecified atom stereocenters. The van der Waals surface area contributed by atoms with Gasteiger partial charge in [0.2, 0.25) is 0 Å². The molecule has 1 aromatic rings. The molecule has 0 aliphatic carbocycles. The van der Waals surface area contributed by atoms with E-state index in [1.54, 1.807) is 6.92 Å². The first-order valence-corrected chi connectivity index (χ1v) is 6.25. The number of rotatable bonds is 4. The van der Waals surface area contributed by atoms with Crippen molar-refractivity contribution in [1.82, 2.24) is 0 Å². The molecule has 4 nitrogen and oxygen atoms in total. The van der Waals surface area contributed by atoms with Crippen LogP contribution in [0.3, 0.4) is 0 Å². The summed E-state index contributed by atoms with van der Waals surface area (Å²) in [7, 11) is 2.91. The summed E-state index contributed by atoms with van der Waals surface area (Å²) >= 11 is 0. The van der Waals surface area contributed by atoms with Crippen LogP contribution >= 0.6 is 0 Å². The molecule has 1 fully saturated rings. The molecule has 0 aromatic heterocycles. The molecule has 1 saturated heterocycles. The lowest BCUT2D eigenvalue weighted by Gasteiger charge is -2.30. The predicted octanol–water partition coefficient (Wildman–Crippen LogP) is 2.45. The second-order valence-electron chi connectivity index (χ2n) is 4.90. The Hall–Kier alpha value is -1.33. The third-order valence-corrected chi connectivity index (χ3v) is 3.63. The number of hydrogen-bond acceptors (Lipinski definition) is 4. The van der Waals surface area contributed by atoms with Crippen molar-refractivity contribution >= 4 is 0 Å². The van der Waals surface area contributed by atoms with Gasteiger partial charge in [-0.3, -0.25) is 0 Å². The SMILES string of the molecule is COc1cc(F)c(C(O)C2(C)CCCO2)cc1OC. The van der Waals surface area contributed by atoms with Gasteiger partial charge >= 0.3 is 0 Å². The van der Waals surface area contributed by atoms with Crippen LogP contribution in [-0.4, -0.2) is 31.5 Å². The molecule has 1 aliphatic heterocycles. The van der Waals surface area contributed by atoms with Gasteiger partial charge in [0.1, 0.15) is 11.9 Å². The summed E-state index contributed by atoms with van der Waals surface area (Å²) in [6.45, 7) is 2.38. The quantitative estimate of drug-likeness (QED) is 0.913. The molecule has 0 spiro atoms. The zero-order valence-corrected chi connectivity index (χ0v) is 11.4. The number of halogens is 1. The maximum absolute atomic E-state index is 14.1. The summed E-state index contributed by atoms with van der Waals surface area (Å²) in [5.41, 5.74) is -0.581. The number of aliphatic hydroxyl groups is 1. The smallest absolute Gasteiger partial charge is 0.163 e. The van der Waals surface area contributed by atoms with Crippen molar-refractivity contribution in [3.05, 3.63) is 23.5 Å². The van der Waals surface area contributed by atoms with Crippen molar-refractivity contribution in [2.75, 3.05) is 20.8 Å². The molecular weight excluding hydrogens is 251 g/mol. The van der Waals surface area contributed by atoms with Crippen LogP contribution in [0.15, 0.2) is 12.1 Å². The fraction of sp³-hybridized carbons (Fsp3) is 0.571. The molecule has 5 heteroatoms. The minimum Gasteiger partial charge on any atom is -0.493 e. The van der Waals surface area contributed by atoms with Gasteiger partial charge in [0.05, 0.1) is 19.8 Å². The van der Waals surface area contributed by atoms with E-state index >= 15 is 0 Å². The van der Waals surface area contributed by atoms with Crippen LogP contribution in [-0.2, 0) is 4.74 Å². The Kier molecular flexibility index (Phi) is 3.96. The predicted molar refractivity (Wildman–Crippen MR) is 68.1 cm³/mol. The van der Waals surface area contributed by atoms with Crippen LogP contribution in [0, 0.1) is 5.82 Å². The molecule has 2 rings (SSSR count). The minimum absolute atomic E-state index is 0.169. The van der Waals surface area contributed by atoms with Gasteiger partial charge in [-0.2, -0.15) is 0 Å². The average Bonchev–Trinajstić information content (AvgIpc) is 2.85. The number of benzene rings is 1. The summed E-state index contributed by atoms with van der Waals surface area (Å²) < 4.78 is 29.8. The van der Waals surface area contributed by atoms with Crippen molar-refractivity contribution in [3.8, 4) is 11.5 Å². The molecule has 1 aromatic carbocycles. The zero-order chi connectivity index (χ0) is 14.0. The molecule has 0 saturated carbocycles. The molecular formula is C14H19FO4. The monoisotopic (exact) mass is 270 g/mol. The minimum atomic E-state index is -1.03. The lowest BCUT2D eigenvalue weighted by Crippen LogP contribution is -2.32. The third kappa shape index (κ3) is 2.53. The number of methoxy groups -OCH3 is 2. The van der Waals surface area contributed by atoms with Gasteiger partial charge < -0.3 is 19.3 Å². The van der Waals surface area contributed by atoms with Gasteiger partial charge in [0.25, 0.3) is 0 Å². The van der Waals surface area contributed by atoms with E-state index in [1.165, 1.54) is 26.4 Å². The first kappa shape index (κ1) is 14.1. The van der Waals surface area contributed by atoms with Crippen LogP contribution < -0.4 is 9.47 Å². The van der Waals surface area contributed by atoms with E-state index in [2.05, 4.69) is 0 Å². The van der Waals surface area contributed by atoms with E-state index in [4.69, 9.17) is 14.2 Å². The average molecular weight is 270 g/mol. The van der Waals surface area contributed by atoms with Gasteiger partial charge in [-0.25, -0.2) is 4.39 Å². The van der Waals surface area contributed by atoms with E-state index in [1.807, 2.05) is 0 Å². The molecule has 106 valence electrons. The maximum Gasteiger partial charge on any atom is 0.163 e. The van der Waals surface area contributed by atoms with Crippen molar-refractivity contribution in [1.29, 1.82) is 0 Å². The van der Waals surface area contributed by atoms with E-state index in [-0.39, 0.29) is 5.56 Å². The number of hydrogen-bond donors (Lipinski definition) is 1. The van der Waals surface area contributed by atoms with Crippen LogP contribution in [0.2, 0.25) is 0 Å². The second kappa shape index (κ2) is 5.35. The van der Waals surface area contributed by atoms with E-state index in [0.29, 0.717) is 24.5 Å². The highest BCUT2D eigenvalue weighted by Gasteiger charge is 2.39. The topological polar surface area (TPSA) is 47.9 Å². The Bertz CT molecular complexity index is 455. The molecule has 1 N–H and O–H groups in total. The number of ether oxygens (including phenoxy) is 3. The van der Waals surface area contributed by atoms with E-state index in [0.717, 1.165) is 6.42 Å². The Balaban J connectivity index is 2.38. The lowest BCUT2D eigenvalue weighted by atomic mass is 9.90. The van der Waals surface area contributed by atoms with Gasteiger partial charge in [-0.1, -0.05) is 0 Å². The highest BCUT2D eigenvalue weighted by Crippen LogP contribution is 2.41. The summed E-state index contributed by atoms with van der Waals surface area (Å²) in [5.74, 6) is 0.162. The third-order valence-electron chi connectivity index (χ3n) is 3.63. The van der Waals surface area contributed by atoms with Crippen molar-refractivity contribution in [2.24, 2.45) is 0 Å². The Labute approximate surface area is 112 Å². The van der Waals surface area contributed by atoms with Crippen LogP contribution in [0.5, 0.6) is 11.5 Å². The van der Waals surface area contributed by atoms with Crippen molar-refractivity contribution in [2.45, 2.75) is 31.5 Å². The molecule has 19 heavy (non-hydrogen) atoms. The summed E-state index contributed by atoms with van der Waals surface area (Å²) in [6, 6.07) is 2.68. The van der Waals surface area contributed by atoms with Gasteiger partial charge in [0, 0.05) is 18.2 Å². The lowest BCUT2D eigenvalue weighted by molar-refractivity contribution is -0.0809. The Morgan fingerprint density at radius 3 is 2.47 bits per heavy atom. The Morgan fingerprint density at radius 1 is 1.32 bits per heavy atom. The second-order valence-corrected chi connectivity index (χ2v) is 4.90. The number of aliphatic hydroxyl groups excluding tert-OH is 1. The largest absolute Gasteiger partial charge is 0.493 e. The van der Waals surface area contributed by atoms with Gasteiger partial charge in [0.15, 0.2) is 11.5 Å². The van der Waals surface area contributed by atoms with Crippen LogP contribution in [0.25, 0.3) is 0 Å². The first-order chi connectivity index (χ1) is 9.01. The molecule has 0 bridgehead atoms. The molecule has 0 radical (unpaired) electrons. The first-order valence-electron chi connectivity index (χ1n) is 6.25. The molecule has 0 amide bonds. The molecule has 2 atom stereocenters. The van der Waals surface area contributed by atoms with Crippen LogP contribution in [0.1, 0.15) is 31.4 Å². The maximum atomic E-state index is 14.1. The molecule has 1 heterocycles. The van der Waals surface area contributed by atoms with Gasteiger partial charge in [-0.15, -0.1) is 0 Å². The van der Waals surface area contributed by atoms with Crippen LogP contribution in [0.4, 0.5) is 4.39 Å². The highest BCUT2D eigenvalue weighted by molar-refractivity contribution is 5.45. The fourth-order valence-corrected chi connectivity index (χ4v) is 2.42. The standard InChI is InChI=1S/C14H19FO4/c1-14(5-4-6-19-14)13(16)9-7-11(17-2)12(18-3)8-10(9)15/h7-8,13,16H,4-6H2,1-3H3. The van der Waals surface area contributed by atoms with E-state index < -0.39 is 17.5 Å². The van der Waals surface area contributed by atoms with E-state index in [9.17, 15) is 9.50 Å². The van der Waals surface area contributed by atoms with Crippen molar-refractivity contribution < 1.29 is 23.7 Å². The zero-order valence-electron chi connectivity index (χ0n) is 11.4. The normalized spacial score (nSPS) is 24.3. The molecule has 1 aliphatic rings. The highest BCUT2D eigenvalue weighted by atomic mass is 19.1. The summed E-state index contributed by atoms with van der Waals surface area (Å²) in [5, 5.41) is 10.4.